The fraction of sp³-hybridized carbons (Fsp3) is 0.538. The van der Waals surface area contributed by atoms with Crippen LogP contribution in [0.2, 0.25) is 5.02 Å². The molecule has 20 heavy (non-hydrogen) atoms. The number of nitrogens with one attached hydrogen (secondary N) is 2. The number of nitrogen functional groups attached to an aromatic ring is 1. The zero-order valence-corrected chi connectivity index (χ0v) is 12.9. The fourth-order valence-corrected chi connectivity index (χ4v) is 1.57. The van der Waals surface area contributed by atoms with Gasteiger partial charge in [0.15, 0.2) is 5.82 Å². The first kappa shape index (κ1) is 16.4. The number of amides is 1. The summed E-state index contributed by atoms with van der Waals surface area (Å²) in [6, 6.07) is -0.0554. The predicted molar refractivity (Wildman–Crippen MR) is 80.5 cm³/mol. The molecule has 0 aromatic carbocycles. The number of alkyl carbamates (subject to hydrolysis) is 1. The molecule has 0 radical (unpaired) electrons. The molecule has 1 aromatic heterocycles. The molecule has 1 amide bonds. The number of carbonyl (C=O) groups excluding carboxylic acids is 1. The van der Waals surface area contributed by atoms with Gasteiger partial charge in [0.2, 0.25) is 0 Å². The second-order valence-corrected chi connectivity index (χ2v) is 5.90. The van der Waals surface area contributed by atoms with Crippen LogP contribution < -0.4 is 11.1 Å². The molecule has 4 N–H and O–H groups in total. The number of hydrogen-bond donors (Lipinski definition) is 3. The zero-order valence-electron chi connectivity index (χ0n) is 12.2. The van der Waals surface area contributed by atoms with Crippen LogP contribution >= 0.6 is 11.6 Å². The highest BCUT2D eigenvalue weighted by Crippen LogP contribution is 2.21. The van der Waals surface area contributed by atoms with Gasteiger partial charge in [-0.1, -0.05) is 17.7 Å². The molecular weight excluding hydrogens is 280 g/mol. The fourth-order valence-electron chi connectivity index (χ4n) is 1.42. The summed E-state index contributed by atoms with van der Waals surface area (Å²) < 4.78 is 5.17. The largest absolute Gasteiger partial charge is 0.444 e. The van der Waals surface area contributed by atoms with E-state index in [1.165, 1.54) is 0 Å². The van der Waals surface area contributed by atoms with E-state index in [0.717, 1.165) is 0 Å². The van der Waals surface area contributed by atoms with Crippen molar-refractivity contribution in [2.24, 2.45) is 0 Å². The van der Waals surface area contributed by atoms with Gasteiger partial charge in [-0.25, -0.2) is 4.79 Å². The first-order valence-electron chi connectivity index (χ1n) is 6.34. The standard InChI is InChI=1S/C13H21ClN4O2/c1-8(16-12(19)20-13(2,3)4)6-5-7-9-10(14)11(15)18-17-9/h5,7-8H,6H2,1-4H3,(H,16,19)(H3,15,17,18)/b7-5+/t8-/m0/s1. The van der Waals surface area contributed by atoms with Crippen molar-refractivity contribution in [2.45, 2.75) is 45.8 Å². The smallest absolute Gasteiger partial charge is 0.407 e. The van der Waals surface area contributed by atoms with Gasteiger partial charge < -0.3 is 15.8 Å². The maximum absolute atomic E-state index is 11.5. The number of hydrogen-bond acceptors (Lipinski definition) is 4. The number of rotatable bonds is 4. The highest BCUT2D eigenvalue weighted by atomic mass is 35.5. The lowest BCUT2D eigenvalue weighted by Crippen LogP contribution is -2.37. The quantitative estimate of drug-likeness (QED) is 0.797. The summed E-state index contributed by atoms with van der Waals surface area (Å²) in [4.78, 5) is 11.5. The summed E-state index contributed by atoms with van der Waals surface area (Å²) in [5.41, 5.74) is 5.66. The van der Waals surface area contributed by atoms with E-state index in [1.54, 1.807) is 6.08 Å². The van der Waals surface area contributed by atoms with Crippen LogP contribution in [0.4, 0.5) is 10.6 Å². The van der Waals surface area contributed by atoms with Crippen LogP contribution in [-0.2, 0) is 4.74 Å². The zero-order chi connectivity index (χ0) is 15.3. The Balaban J connectivity index is 2.42. The number of nitrogens with two attached hydrogens (primary N) is 1. The van der Waals surface area contributed by atoms with Gasteiger partial charge in [0, 0.05) is 6.04 Å². The predicted octanol–water partition coefficient (Wildman–Crippen LogP) is 2.96. The Morgan fingerprint density at radius 3 is 2.75 bits per heavy atom. The molecule has 1 atom stereocenters. The molecule has 0 aliphatic carbocycles. The number of nitrogens with zero attached hydrogens (tertiary/aromatic N) is 1. The minimum atomic E-state index is -0.499. The van der Waals surface area contributed by atoms with Gasteiger partial charge in [-0.15, -0.1) is 0 Å². The molecule has 0 fully saturated rings. The van der Waals surface area contributed by atoms with Crippen molar-refractivity contribution < 1.29 is 9.53 Å². The van der Waals surface area contributed by atoms with Gasteiger partial charge in [-0.05, 0) is 40.2 Å². The molecular formula is C13H21ClN4O2. The lowest BCUT2D eigenvalue weighted by molar-refractivity contribution is 0.0509. The number of ether oxygens (including phenoxy) is 1. The topological polar surface area (TPSA) is 93.0 Å². The summed E-state index contributed by atoms with van der Waals surface area (Å²) in [6.45, 7) is 7.35. The maximum Gasteiger partial charge on any atom is 0.407 e. The Labute approximate surface area is 123 Å². The molecule has 0 spiro atoms. The Bertz CT molecular complexity index is 491. The normalized spacial score (nSPS) is 13.4. The van der Waals surface area contributed by atoms with Crippen LogP contribution in [0.5, 0.6) is 0 Å². The first-order valence-corrected chi connectivity index (χ1v) is 6.72. The van der Waals surface area contributed by atoms with Crippen LogP contribution in [0.25, 0.3) is 6.08 Å². The number of aromatic nitrogens is 2. The van der Waals surface area contributed by atoms with Crippen LogP contribution in [0.1, 0.15) is 39.8 Å². The highest BCUT2D eigenvalue weighted by Gasteiger charge is 2.17. The molecule has 0 aliphatic rings. The number of H-pyrrole nitrogens is 1. The minimum absolute atomic E-state index is 0.0554. The molecule has 7 heteroatoms. The van der Waals surface area contributed by atoms with Gasteiger partial charge in [-0.3, -0.25) is 5.10 Å². The SMILES string of the molecule is C[C@@H](C/C=C/c1[nH]nc(N)c1Cl)NC(=O)OC(C)(C)C. The van der Waals surface area contributed by atoms with Gasteiger partial charge >= 0.3 is 6.09 Å². The van der Waals surface area contributed by atoms with Crippen LogP contribution in [-0.4, -0.2) is 27.9 Å². The van der Waals surface area contributed by atoms with Crippen molar-refractivity contribution in [3.05, 3.63) is 16.8 Å². The molecule has 0 unspecified atom stereocenters. The van der Waals surface area contributed by atoms with Crippen molar-refractivity contribution in [1.82, 2.24) is 15.5 Å². The third kappa shape index (κ3) is 5.52. The second-order valence-electron chi connectivity index (χ2n) is 5.52. The summed E-state index contributed by atoms with van der Waals surface area (Å²) in [5.74, 6) is 0.270. The Kier molecular flexibility index (Phi) is 5.44. The average molecular weight is 301 g/mol. The number of anilines is 1. The monoisotopic (exact) mass is 300 g/mol. The van der Waals surface area contributed by atoms with Crippen molar-refractivity contribution in [2.75, 3.05) is 5.73 Å². The second kappa shape index (κ2) is 6.65. The highest BCUT2D eigenvalue weighted by molar-refractivity contribution is 6.34. The van der Waals surface area contributed by atoms with E-state index in [4.69, 9.17) is 22.1 Å². The van der Waals surface area contributed by atoms with E-state index in [1.807, 2.05) is 33.8 Å². The third-order valence-electron chi connectivity index (χ3n) is 2.30. The van der Waals surface area contributed by atoms with Gasteiger partial charge in [0.05, 0.1) is 5.69 Å². The van der Waals surface area contributed by atoms with Crippen molar-refractivity contribution in [3.8, 4) is 0 Å². The van der Waals surface area contributed by atoms with E-state index in [2.05, 4.69) is 15.5 Å². The molecule has 6 nitrogen and oxygen atoms in total. The average Bonchev–Trinajstić information content (AvgIpc) is 2.58. The number of aromatic amines is 1. The van der Waals surface area contributed by atoms with Crippen LogP contribution in [0.3, 0.4) is 0 Å². The van der Waals surface area contributed by atoms with E-state index in [-0.39, 0.29) is 11.9 Å². The van der Waals surface area contributed by atoms with Gasteiger partial charge in [0.1, 0.15) is 10.6 Å². The molecule has 1 heterocycles. The Morgan fingerprint density at radius 1 is 1.60 bits per heavy atom. The lowest BCUT2D eigenvalue weighted by atomic mass is 10.2. The maximum atomic E-state index is 11.5. The van der Waals surface area contributed by atoms with Gasteiger partial charge in [0.25, 0.3) is 0 Å². The van der Waals surface area contributed by atoms with E-state index in [0.29, 0.717) is 17.1 Å². The minimum Gasteiger partial charge on any atom is -0.444 e. The van der Waals surface area contributed by atoms with Gasteiger partial charge in [-0.2, -0.15) is 5.10 Å². The summed E-state index contributed by atoms with van der Waals surface area (Å²) >= 11 is 5.92. The number of carbonyl (C=O) groups is 1. The number of halogens is 1. The lowest BCUT2D eigenvalue weighted by Gasteiger charge is -2.21. The summed E-state index contributed by atoms with van der Waals surface area (Å²) in [6.07, 6.45) is 3.86. The van der Waals surface area contributed by atoms with Crippen molar-refractivity contribution in [3.63, 3.8) is 0 Å². The van der Waals surface area contributed by atoms with E-state index < -0.39 is 11.7 Å². The third-order valence-corrected chi connectivity index (χ3v) is 2.69. The molecule has 1 aromatic rings. The summed E-state index contributed by atoms with van der Waals surface area (Å²) in [5, 5.41) is 9.64. The molecule has 112 valence electrons. The summed E-state index contributed by atoms with van der Waals surface area (Å²) in [7, 11) is 0. The molecule has 0 saturated heterocycles. The molecule has 0 aliphatic heterocycles. The first-order chi connectivity index (χ1) is 9.19. The Hall–Kier alpha value is -1.69. The van der Waals surface area contributed by atoms with E-state index in [9.17, 15) is 4.79 Å². The molecule has 0 bridgehead atoms. The molecule has 1 rings (SSSR count). The Morgan fingerprint density at radius 2 is 2.25 bits per heavy atom. The van der Waals surface area contributed by atoms with Crippen LogP contribution in [0, 0.1) is 0 Å². The molecule has 0 saturated carbocycles. The van der Waals surface area contributed by atoms with Crippen molar-refractivity contribution >= 4 is 29.6 Å². The van der Waals surface area contributed by atoms with E-state index >= 15 is 0 Å². The van der Waals surface area contributed by atoms with Crippen molar-refractivity contribution in [1.29, 1.82) is 0 Å². The van der Waals surface area contributed by atoms with Crippen LogP contribution in [0.15, 0.2) is 6.08 Å².